The van der Waals surface area contributed by atoms with Crippen LogP contribution in [0.25, 0.3) is 0 Å². The summed E-state index contributed by atoms with van der Waals surface area (Å²) in [5.41, 5.74) is -0.713. The van der Waals surface area contributed by atoms with Gasteiger partial charge in [-0.3, -0.25) is 0 Å². The quantitative estimate of drug-likeness (QED) is 0.765. The molecule has 2 rings (SSSR count). The molecular weight excluding hydrogens is 282 g/mol. The standard InChI is InChI=1S/C16H21F4N/c1-21-15(9-11-5-3-2-4-6-11)13-10-12(17)7-8-14(13)16(18,19)20/h7-8,10-11,15,21H,2-6,9H2,1H3. The van der Waals surface area contributed by atoms with E-state index in [1.807, 2.05) is 0 Å². The number of hydrogen-bond donors (Lipinski definition) is 1. The molecule has 1 aliphatic carbocycles. The lowest BCUT2D eigenvalue weighted by molar-refractivity contribution is -0.138. The minimum atomic E-state index is -4.45. The molecule has 0 amide bonds. The Labute approximate surface area is 122 Å². The summed E-state index contributed by atoms with van der Waals surface area (Å²) in [5, 5.41) is 2.94. The zero-order valence-corrected chi connectivity index (χ0v) is 12.1. The average Bonchev–Trinajstić information content (AvgIpc) is 2.44. The zero-order chi connectivity index (χ0) is 15.5. The first-order valence-electron chi connectivity index (χ1n) is 7.45. The van der Waals surface area contributed by atoms with Crippen molar-refractivity contribution in [1.82, 2.24) is 5.32 Å². The molecule has 1 unspecified atom stereocenters. The van der Waals surface area contributed by atoms with Gasteiger partial charge in [-0.25, -0.2) is 4.39 Å². The molecule has 1 atom stereocenters. The lowest BCUT2D eigenvalue weighted by Gasteiger charge is -2.28. The Morgan fingerprint density at radius 3 is 2.43 bits per heavy atom. The van der Waals surface area contributed by atoms with Crippen molar-refractivity contribution in [3.05, 3.63) is 35.1 Å². The van der Waals surface area contributed by atoms with Crippen molar-refractivity contribution in [2.24, 2.45) is 5.92 Å². The maximum atomic E-state index is 13.4. The molecule has 0 spiro atoms. The Balaban J connectivity index is 2.25. The fourth-order valence-electron chi connectivity index (χ4n) is 3.24. The number of hydrogen-bond acceptors (Lipinski definition) is 1. The van der Waals surface area contributed by atoms with Gasteiger partial charge in [0.05, 0.1) is 5.56 Å². The molecule has 1 fully saturated rings. The zero-order valence-electron chi connectivity index (χ0n) is 12.1. The lowest BCUT2D eigenvalue weighted by atomic mass is 9.82. The second kappa shape index (κ2) is 6.77. The molecule has 1 saturated carbocycles. The van der Waals surface area contributed by atoms with Crippen LogP contribution in [0.4, 0.5) is 17.6 Å². The number of rotatable bonds is 4. The summed E-state index contributed by atoms with van der Waals surface area (Å²) in [6.45, 7) is 0. The molecule has 0 heterocycles. The molecule has 21 heavy (non-hydrogen) atoms. The fraction of sp³-hybridized carbons (Fsp3) is 0.625. The molecule has 1 aromatic carbocycles. The molecule has 1 aromatic rings. The van der Waals surface area contributed by atoms with Crippen LogP contribution in [-0.4, -0.2) is 7.05 Å². The summed E-state index contributed by atoms with van der Waals surface area (Å²) < 4.78 is 52.7. The van der Waals surface area contributed by atoms with Crippen molar-refractivity contribution in [2.45, 2.75) is 50.7 Å². The second-order valence-electron chi connectivity index (χ2n) is 5.81. The molecule has 0 radical (unpaired) electrons. The molecule has 5 heteroatoms. The Morgan fingerprint density at radius 2 is 1.86 bits per heavy atom. The summed E-state index contributed by atoms with van der Waals surface area (Å²) in [5.74, 6) is -0.206. The molecule has 0 bridgehead atoms. The van der Waals surface area contributed by atoms with Crippen LogP contribution in [0.1, 0.15) is 55.7 Å². The lowest BCUT2D eigenvalue weighted by Crippen LogP contribution is -2.24. The summed E-state index contributed by atoms with van der Waals surface area (Å²) in [6.07, 6.45) is 1.75. The Kier molecular flexibility index (Phi) is 5.25. The van der Waals surface area contributed by atoms with Gasteiger partial charge in [-0.15, -0.1) is 0 Å². The second-order valence-corrected chi connectivity index (χ2v) is 5.81. The largest absolute Gasteiger partial charge is 0.416 e. The van der Waals surface area contributed by atoms with Crippen LogP contribution >= 0.6 is 0 Å². The van der Waals surface area contributed by atoms with Gasteiger partial charge in [-0.05, 0) is 43.1 Å². The van der Waals surface area contributed by atoms with E-state index in [4.69, 9.17) is 0 Å². The monoisotopic (exact) mass is 303 g/mol. The number of nitrogens with one attached hydrogen (secondary N) is 1. The van der Waals surface area contributed by atoms with E-state index in [9.17, 15) is 17.6 Å². The normalized spacial score (nSPS) is 18.7. The molecule has 0 aromatic heterocycles. The van der Waals surface area contributed by atoms with Gasteiger partial charge in [0.25, 0.3) is 0 Å². The maximum Gasteiger partial charge on any atom is 0.416 e. The Morgan fingerprint density at radius 1 is 1.19 bits per heavy atom. The van der Waals surface area contributed by atoms with E-state index >= 15 is 0 Å². The molecule has 118 valence electrons. The van der Waals surface area contributed by atoms with E-state index in [2.05, 4.69) is 5.32 Å². The third-order valence-corrected chi connectivity index (χ3v) is 4.34. The molecule has 1 aliphatic rings. The van der Waals surface area contributed by atoms with Gasteiger partial charge in [-0.2, -0.15) is 13.2 Å². The smallest absolute Gasteiger partial charge is 0.313 e. The van der Waals surface area contributed by atoms with Gasteiger partial charge < -0.3 is 5.32 Å². The molecule has 1 nitrogen and oxygen atoms in total. The van der Waals surface area contributed by atoms with Gasteiger partial charge in [0, 0.05) is 6.04 Å². The Hall–Kier alpha value is -1.10. The van der Waals surface area contributed by atoms with E-state index in [1.165, 1.54) is 6.42 Å². The van der Waals surface area contributed by atoms with Gasteiger partial charge >= 0.3 is 6.18 Å². The predicted octanol–water partition coefficient (Wildman–Crippen LogP) is 5.08. The highest BCUT2D eigenvalue weighted by Crippen LogP contribution is 2.38. The van der Waals surface area contributed by atoms with E-state index in [0.717, 1.165) is 43.9 Å². The Bertz CT molecular complexity index is 464. The van der Waals surface area contributed by atoms with Crippen molar-refractivity contribution < 1.29 is 17.6 Å². The SMILES string of the molecule is CNC(CC1CCCCC1)c1cc(F)ccc1C(F)(F)F. The predicted molar refractivity (Wildman–Crippen MR) is 74.4 cm³/mol. The van der Waals surface area contributed by atoms with Gasteiger partial charge in [0.15, 0.2) is 0 Å². The van der Waals surface area contributed by atoms with Crippen LogP contribution in [0.3, 0.4) is 0 Å². The van der Waals surface area contributed by atoms with Crippen LogP contribution in [0, 0.1) is 11.7 Å². The first-order chi connectivity index (χ1) is 9.91. The van der Waals surface area contributed by atoms with Crippen molar-refractivity contribution >= 4 is 0 Å². The van der Waals surface area contributed by atoms with Crippen molar-refractivity contribution in [2.75, 3.05) is 7.05 Å². The molecule has 0 saturated heterocycles. The first-order valence-corrected chi connectivity index (χ1v) is 7.45. The topological polar surface area (TPSA) is 12.0 Å². The van der Waals surface area contributed by atoms with Gasteiger partial charge in [0.2, 0.25) is 0 Å². The highest BCUT2D eigenvalue weighted by atomic mass is 19.4. The van der Waals surface area contributed by atoms with Crippen LogP contribution in [-0.2, 0) is 6.18 Å². The van der Waals surface area contributed by atoms with E-state index < -0.39 is 23.6 Å². The van der Waals surface area contributed by atoms with Crippen molar-refractivity contribution in [3.63, 3.8) is 0 Å². The molecular formula is C16H21F4N. The van der Waals surface area contributed by atoms with Gasteiger partial charge in [-0.1, -0.05) is 32.1 Å². The summed E-state index contributed by atoms with van der Waals surface area (Å²) in [7, 11) is 1.64. The number of benzene rings is 1. The minimum absolute atomic E-state index is 0.0237. The van der Waals surface area contributed by atoms with Crippen LogP contribution in [0.2, 0.25) is 0 Å². The van der Waals surface area contributed by atoms with E-state index in [0.29, 0.717) is 12.3 Å². The van der Waals surface area contributed by atoms with Crippen LogP contribution in [0.5, 0.6) is 0 Å². The maximum absolute atomic E-state index is 13.4. The van der Waals surface area contributed by atoms with Crippen LogP contribution in [0.15, 0.2) is 18.2 Å². The molecule has 0 aliphatic heterocycles. The third-order valence-electron chi connectivity index (χ3n) is 4.34. The number of alkyl halides is 3. The van der Waals surface area contributed by atoms with Crippen molar-refractivity contribution in [3.8, 4) is 0 Å². The minimum Gasteiger partial charge on any atom is -0.313 e. The number of halogens is 4. The van der Waals surface area contributed by atoms with Crippen LogP contribution < -0.4 is 5.32 Å². The third kappa shape index (κ3) is 4.19. The average molecular weight is 303 g/mol. The first kappa shape index (κ1) is 16.3. The molecule has 1 N–H and O–H groups in total. The van der Waals surface area contributed by atoms with E-state index in [-0.39, 0.29) is 5.56 Å². The summed E-state index contributed by atoms with van der Waals surface area (Å²) in [6, 6.07) is 2.28. The summed E-state index contributed by atoms with van der Waals surface area (Å²) >= 11 is 0. The summed E-state index contributed by atoms with van der Waals surface area (Å²) in [4.78, 5) is 0. The fourth-order valence-corrected chi connectivity index (χ4v) is 3.24. The highest BCUT2D eigenvalue weighted by molar-refractivity contribution is 5.33. The van der Waals surface area contributed by atoms with Gasteiger partial charge in [0.1, 0.15) is 5.82 Å². The highest BCUT2D eigenvalue weighted by Gasteiger charge is 2.35. The van der Waals surface area contributed by atoms with Crippen molar-refractivity contribution in [1.29, 1.82) is 0 Å². The van der Waals surface area contributed by atoms with E-state index in [1.54, 1.807) is 7.05 Å².